The molecule has 0 amide bonds. The Bertz CT molecular complexity index is 680. The average molecular weight is 303 g/mol. The maximum atomic E-state index is 5.91. The van der Waals surface area contributed by atoms with Crippen molar-refractivity contribution in [2.24, 2.45) is 7.05 Å². The van der Waals surface area contributed by atoms with E-state index in [9.17, 15) is 0 Å². The van der Waals surface area contributed by atoms with Gasteiger partial charge in [-0.3, -0.25) is 4.68 Å². The highest BCUT2D eigenvalue weighted by Gasteiger charge is 2.06. The lowest BCUT2D eigenvalue weighted by Gasteiger charge is -2.09. The maximum absolute atomic E-state index is 5.91. The molecule has 21 heavy (non-hydrogen) atoms. The van der Waals surface area contributed by atoms with Crippen LogP contribution in [0.15, 0.2) is 24.3 Å². The van der Waals surface area contributed by atoms with Crippen molar-refractivity contribution in [2.75, 3.05) is 5.88 Å². The van der Waals surface area contributed by atoms with Gasteiger partial charge in [0.05, 0.1) is 17.0 Å². The van der Waals surface area contributed by atoms with Crippen LogP contribution >= 0.6 is 11.6 Å². The lowest BCUT2D eigenvalue weighted by Crippen LogP contribution is -2.04. The van der Waals surface area contributed by atoms with Gasteiger partial charge in [0, 0.05) is 19.3 Å². The van der Waals surface area contributed by atoms with E-state index >= 15 is 0 Å². The Morgan fingerprint density at radius 3 is 2.76 bits per heavy atom. The van der Waals surface area contributed by atoms with Crippen molar-refractivity contribution < 1.29 is 4.74 Å². The second-order valence-electron chi connectivity index (χ2n) is 4.93. The van der Waals surface area contributed by atoms with Crippen molar-refractivity contribution in [1.29, 1.82) is 0 Å². The molecule has 0 aliphatic heterocycles. The van der Waals surface area contributed by atoms with Crippen molar-refractivity contribution in [3.63, 3.8) is 0 Å². The molecule has 0 saturated carbocycles. The topological polar surface area (TPSA) is 27.1 Å². The molecule has 3 nitrogen and oxygen atoms in total. The highest BCUT2D eigenvalue weighted by Crippen LogP contribution is 2.20. The van der Waals surface area contributed by atoms with Gasteiger partial charge in [0.25, 0.3) is 0 Å². The zero-order valence-corrected chi connectivity index (χ0v) is 13.4. The second kappa shape index (κ2) is 7.19. The highest BCUT2D eigenvalue weighted by atomic mass is 35.5. The van der Waals surface area contributed by atoms with E-state index in [1.165, 1.54) is 0 Å². The Hall–Kier alpha value is -1.92. The molecular weight excluding hydrogens is 284 g/mol. The highest BCUT2D eigenvalue weighted by molar-refractivity contribution is 6.18. The fraction of sp³-hybridized carbons (Fsp3) is 0.353. The molecule has 1 aromatic carbocycles. The first-order chi connectivity index (χ1) is 10.1. The summed E-state index contributed by atoms with van der Waals surface area (Å²) >= 11 is 5.66. The van der Waals surface area contributed by atoms with Crippen LogP contribution in [0.2, 0.25) is 0 Å². The standard InChI is InChI=1S/C17H19ClN2O/c1-13-7-8-17(15(10-13)6-4-5-9-18)21-12-16-11-14(2)19-20(16)3/h7-8,10-11H,5,9,12H2,1-3H3. The summed E-state index contributed by atoms with van der Waals surface area (Å²) in [5, 5.41) is 4.31. The fourth-order valence-electron chi connectivity index (χ4n) is 2.02. The number of hydrogen-bond acceptors (Lipinski definition) is 2. The summed E-state index contributed by atoms with van der Waals surface area (Å²) in [6.45, 7) is 4.49. The molecule has 1 heterocycles. The van der Waals surface area contributed by atoms with E-state index in [0.717, 1.165) is 28.3 Å². The molecule has 0 N–H and O–H groups in total. The summed E-state index contributed by atoms with van der Waals surface area (Å²) in [6.07, 6.45) is 0.676. The maximum Gasteiger partial charge on any atom is 0.135 e. The van der Waals surface area contributed by atoms with Crippen molar-refractivity contribution >= 4 is 11.6 Å². The lowest BCUT2D eigenvalue weighted by atomic mass is 10.1. The molecule has 0 aliphatic carbocycles. The number of nitrogens with zero attached hydrogens (tertiary/aromatic N) is 2. The Kier molecular flexibility index (Phi) is 5.30. The molecule has 1 aromatic heterocycles. The molecule has 2 rings (SSSR count). The fourth-order valence-corrected chi connectivity index (χ4v) is 2.12. The van der Waals surface area contributed by atoms with E-state index in [2.05, 4.69) is 16.9 Å². The Balaban J connectivity index is 2.16. The second-order valence-corrected chi connectivity index (χ2v) is 5.31. The van der Waals surface area contributed by atoms with Crippen molar-refractivity contribution in [3.05, 3.63) is 46.8 Å². The molecule has 0 bridgehead atoms. The molecular formula is C17H19ClN2O. The number of alkyl halides is 1. The largest absolute Gasteiger partial charge is 0.486 e. The Labute approximate surface area is 130 Å². The predicted molar refractivity (Wildman–Crippen MR) is 85.7 cm³/mol. The minimum Gasteiger partial charge on any atom is -0.486 e. The SMILES string of the molecule is Cc1ccc(OCc2cc(C)nn2C)c(C#CCCCl)c1. The van der Waals surface area contributed by atoms with Crippen LogP contribution in [0, 0.1) is 25.7 Å². The van der Waals surface area contributed by atoms with Gasteiger partial charge in [-0.05, 0) is 37.6 Å². The van der Waals surface area contributed by atoms with Gasteiger partial charge in [0.2, 0.25) is 0 Å². The third kappa shape index (κ3) is 4.27. The van der Waals surface area contributed by atoms with Crippen LogP contribution < -0.4 is 4.74 Å². The molecule has 110 valence electrons. The molecule has 0 spiro atoms. The number of aryl methyl sites for hydroxylation is 3. The third-order valence-electron chi connectivity index (χ3n) is 3.05. The lowest BCUT2D eigenvalue weighted by molar-refractivity contribution is 0.294. The average Bonchev–Trinajstić information content (AvgIpc) is 2.76. The van der Waals surface area contributed by atoms with E-state index < -0.39 is 0 Å². The van der Waals surface area contributed by atoms with Crippen molar-refractivity contribution in [3.8, 4) is 17.6 Å². The number of rotatable bonds is 4. The molecule has 0 atom stereocenters. The van der Waals surface area contributed by atoms with Crippen LogP contribution in [-0.4, -0.2) is 15.7 Å². The van der Waals surface area contributed by atoms with E-state index in [1.807, 2.05) is 49.8 Å². The summed E-state index contributed by atoms with van der Waals surface area (Å²) in [4.78, 5) is 0. The molecule has 0 aliphatic rings. The molecule has 0 unspecified atom stereocenters. The van der Waals surface area contributed by atoms with Gasteiger partial charge in [-0.2, -0.15) is 5.10 Å². The van der Waals surface area contributed by atoms with Crippen LogP contribution in [0.3, 0.4) is 0 Å². The van der Waals surface area contributed by atoms with E-state index in [0.29, 0.717) is 18.9 Å². The van der Waals surface area contributed by atoms with E-state index in [1.54, 1.807) is 0 Å². The molecule has 4 heteroatoms. The smallest absolute Gasteiger partial charge is 0.135 e. The van der Waals surface area contributed by atoms with Crippen molar-refractivity contribution in [1.82, 2.24) is 9.78 Å². The summed E-state index contributed by atoms with van der Waals surface area (Å²) in [6, 6.07) is 8.04. The molecule has 0 radical (unpaired) electrons. The van der Waals surface area contributed by atoms with E-state index in [-0.39, 0.29) is 0 Å². The first kappa shape index (κ1) is 15.5. The van der Waals surface area contributed by atoms with Gasteiger partial charge in [0.15, 0.2) is 0 Å². The van der Waals surface area contributed by atoms with Gasteiger partial charge in [0.1, 0.15) is 12.4 Å². The van der Waals surface area contributed by atoms with Gasteiger partial charge < -0.3 is 4.74 Å². The monoisotopic (exact) mass is 302 g/mol. The van der Waals surface area contributed by atoms with Crippen LogP contribution in [0.1, 0.15) is 28.9 Å². The zero-order chi connectivity index (χ0) is 15.2. The summed E-state index contributed by atoms with van der Waals surface area (Å²) in [7, 11) is 1.92. The molecule has 0 fully saturated rings. The van der Waals surface area contributed by atoms with E-state index in [4.69, 9.17) is 16.3 Å². The van der Waals surface area contributed by atoms with Crippen LogP contribution in [-0.2, 0) is 13.7 Å². The number of ether oxygens (including phenoxy) is 1. The third-order valence-corrected chi connectivity index (χ3v) is 3.24. The molecule has 2 aromatic rings. The zero-order valence-electron chi connectivity index (χ0n) is 12.6. The van der Waals surface area contributed by atoms with Crippen molar-refractivity contribution in [2.45, 2.75) is 26.9 Å². The first-order valence-corrected chi connectivity index (χ1v) is 7.41. The summed E-state index contributed by atoms with van der Waals surface area (Å²) in [5.74, 6) is 7.52. The molecule has 0 saturated heterocycles. The van der Waals surface area contributed by atoms with Crippen LogP contribution in [0.4, 0.5) is 0 Å². The Morgan fingerprint density at radius 2 is 2.10 bits per heavy atom. The normalized spacial score (nSPS) is 10.1. The predicted octanol–water partition coefficient (Wildman–Crippen LogP) is 3.60. The van der Waals surface area contributed by atoms with Crippen LogP contribution in [0.5, 0.6) is 5.75 Å². The van der Waals surface area contributed by atoms with Gasteiger partial charge in [-0.1, -0.05) is 17.9 Å². The van der Waals surface area contributed by atoms with Gasteiger partial charge in [-0.15, -0.1) is 11.6 Å². The quantitative estimate of drug-likeness (QED) is 0.637. The number of benzene rings is 1. The summed E-state index contributed by atoms with van der Waals surface area (Å²) < 4.78 is 7.74. The minimum absolute atomic E-state index is 0.477. The Morgan fingerprint density at radius 1 is 1.29 bits per heavy atom. The first-order valence-electron chi connectivity index (χ1n) is 6.88. The van der Waals surface area contributed by atoms with Crippen LogP contribution in [0.25, 0.3) is 0 Å². The number of aromatic nitrogens is 2. The number of halogens is 1. The van der Waals surface area contributed by atoms with Gasteiger partial charge in [-0.25, -0.2) is 0 Å². The summed E-state index contributed by atoms with van der Waals surface area (Å²) in [5.41, 5.74) is 4.09. The minimum atomic E-state index is 0.477. The van der Waals surface area contributed by atoms with Gasteiger partial charge >= 0.3 is 0 Å². The number of hydrogen-bond donors (Lipinski definition) is 0.